The van der Waals surface area contributed by atoms with E-state index in [4.69, 9.17) is 11.6 Å². The van der Waals surface area contributed by atoms with E-state index >= 15 is 0 Å². The maximum absolute atomic E-state index is 13.7. The van der Waals surface area contributed by atoms with Crippen molar-refractivity contribution >= 4 is 23.4 Å². The minimum atomic E-state index is -0.618. The number of unbranched alkanes of at least 4 members (excludes halogenated alkanes) is 1. The number of nitrogens with one attached hydrogen (secondary N) is 1. The number of benzene rings is 3. The second kappa shape index (κ2) is 13.0. The van der Waals surface area contributed by atoms with Crippen LogP contribution in [0.5, 0.6) is 0 Å². The number of carbonyl (C=O) groups excluding carboxylic acids is 2. The average molecular weight is 477 g/mol. The molecule has 34 heavy (non-hydrogen) atoms. The van der Waals surface area contributed by atoms with Gasteiger partial charge < -0.3 is 10.2 Å². The first-order valence-electron chi connectivity index (χ1n) is 11.9. The maximum Gasteiger partial charge on any atom is 0.243 e. The summed E-state index contributed by atoms with van der Waals surface area (Å²) >= 11 is 6.08. The fourth-order valence-electron chi connectivity index (χ4n) is 3.94. The van der Waals surface area contributed by atoms with Gasteiger partial charge in [-0.3, -0.25) is 9.59 Å². The summed E-state index contributed by atoms with van der Waals surface area (Å²) in [5, 5.41) is 3.69. The number of rotatable bonds is 11. The van der Waals surface area contributed by atoms with Crippen LogP contribution in [0.2, 0.25) is 5.02 Å². The summed E-state index contributed by atoms with van der Waals surface area (Å²) in [6.07, 6.45) is 2.58. The Morgan fingerprint density at radius 1 is 0.912 bits per heavy atom. The zero-order valence-electron chi connectivity index (χ0n) is 20.0. The standard InChI is InChI=1S/C29H33ClN2O2/c1-3-4-17-31-29(34)27(19-23-10-6-5-7-11-23)32(21-24-13-15-26(30)16-14-24)28(33)20-25-12-8-9-22(2)18-25/h5-16,18,27H,3-4,17,19-21H2,1-2H3,(H,31,34)/t27-/m0/s1. The fourth-order valence-corrected chi connectivity index (χ4v) is 4.07. The molecule has 3 aromatic carbocycles. The van der Waals surface area contributed by atoms with Crippen LogP contribution in [0.25, 0.3) is 0 Å². The average Bonchev–Trinajstić information content (AvgIpc) is 2.83. The van der Waals surface area contributed by atoms with Crippen molar-refractivity contribution in [2.24, 2.45) is 0 Å². The van der Waals surface area contributed by atoms with E-state index in [1.807, 2.05) is 85.8 Å². The largest absolute Gasteiger partial charge is 0.354 e. The number of hydrogen-bond donors (Lipinski definition) is 1. The summed E-state index contributed by atoms with van der Waals surface area (Å²) in [6.45, 7) is 5.03. The molecule has 0 aromatic heterocycles. The number of nitrogens with zero attached hydrogens (tertiary/aromatic N) is 1. The van der Waals surface area contributed by atoms with Crippen LogP contribution in [0, 0.1) is 6.92 Å². The van der Waals surface area contributed by atoms with E-state index in [0.29, 0.717) is 24.5 Å². The molecular formula is C29H33ClN2O2. The van der Waals surface area contributed by atoms with Crippen molar-refractivity contribution in [3.05, 3.63) is 106 Å². The lowest BCUT2D eigenvalue weighted by molar-refractivity contribution is -0.140. The van der Waals surface area contributed by atoms with Crippen LogP contribution in [0.15, 0.2) is 78.9 Å². The van der Waals surface area contributed by atoms with E-state index in [0.717, 1.165) is 35.1 Å². The first-order chi connectivity index (χ1) is 16.5. The van der Waals surface area contributed by atoms with Crippen LogP contribution in [-0.4, -0.2) is 29.3 Å². The van der Waals surface area contributed by atoms with E-state index in [1.54, 1.807) is 4.90 Å². The highest BCUT2D eigenvalue weighted by Crippen LogP contribution is 2.18. The van der Waals surface area contributed by atoms with Crippen molar-refractivity contribution in [1.82, 2.24) is 10.2 Å². The predicted molar refractivity (Wildman–Crippen MR) is 139 cm³/mol. The van der Waals surface area contributed by atoms with Gasteiger partial charge in [0.2, 0.25) is 11.8 Å². The van der Waals surface area contributed by atoms with Crippen molar-refractivity contribution in [1.29, 1.82) is 0 Å². The Hall–Kier alpha value is -3.11. The Labute approximate surface area is 207 Å². The Bertz CT molecular complexity index is 1070. The Kier molecular flexibility index (Phi) is 9.72. The molecule has 0 heterocycles. The molecule has 3 aromatic rings. The lowest BCUT2D eigenvalue weighted by Crippen LogP contribution is -2.51. The molecule has 1 atom stereocenters. The summed E-state index contributed by atoms with van der Waals surface area (Å²) in [5.41, 5.74) is 3.99. The zero-order chi connectivity index (χ0) is 24.3. The minimum Gasteiger partial charge on any atom is -0.354 e. The lowest BCUT2D eigenvalue weighted by Gasteiger charge is -2.32. The molecule has 0 unspecified atom stereocenters. The molecule has 0 aliphatic carbocycles. The highest BCUT2D eigenvalue weighted by atomic mass is 35.5. The van der Waals surface area contributed by atoms with Crippen LogP contribution in [0.1, 0.15) is 42.0 Å². The summed E-state index contributed by atoms with van der Waals surface area (Å²) in [7, 11) is 0. The Morgan fingerprint density at radius 3 is 2.29 bits per heavy atom. The van der Waals surface area contributed by atoms with E-state index in [9.17, 15) is 9.59 Å². The quantitative estimate of drug-likeness (QED) is 0.358. The van der Waals surface area contributed by atoms with Gasteiger partial charge in [-0.15, -0.1) is 0 Å². The summed E-state index contributed by atoms with van der Waals surface area (Å²) in [4.78, 5) is 28.8. The monoisotopic (exact) mass is 476 g/mol. The number of carbonyl (C=O) groups is 2. The van der Waals surface area contributed by atoms with Gasteiger partial charge in [-0.25, -0.2) is 0 Å². The molecule has 0 radical (unpaired) electrons. The van der Waals surface area contributed by atoms with Gasteiger partial charge >= 0.3 is 0 Å². The van der Waals surface area contributed by atoms with Gasteiger partial charge in [0.1, 0.15) is 6.04 Å². The molecule has 2 amide bonds. The third-order valence-electron chi connectivity index (χ3n) is 5.80. The van der Waals surface area contributed by atoms with E-state index < -0.39 is 6.04 Å². The molecule has 0 saturated heterocycles. The molecule has 0 bridgehead atoms. The second-order valence-corrected chi connectivity index (χ2v) is 9.10. The molecular weight excluding hydrogens is 444 g/mol. The van der Waals surface area contributed by atoms with Gasteiger partial charge in [-0.1, -0.05) is 97.2 Å². The maximum atomic E-state index is 13.7. The number of hydrogen-bond acceptors (Lipinski definition) is 2. The van der Waals surface area contributed by atoms with Crippen LogP contribution < -0.4 is 5.32 Å². The van der Waals surface area contributed by atoms with Crippen molar-refractivity contribution in [2.75, 3.05) is 6.54 Å². The fraction of sp³-hybridized carbons (Fsp3) is 0.310. The van der Waals surface area contributed by atoms with Crippen LogP contribution in [0.3, 0.4) is 0 Å². The predicted octanol–water partition coefficient (Wildman–Crippen LogP) is 5.75. The molecule has 0 fully saturated rings. The zero-order valence-corrected chi connectivity index (χ0v) is 20.7. The Morgan fingerprint density at radius 2 is 1.62 bits per heavy atom. The van der Waals surface area contributed by atoms with Crippen LogP contribution in [-0.2, 0) is 29.0 Å². The SMILES string of the molecule is CCCCNC(=O)[C@H](Cc1ccccc1)N(Cc1ccc(Cl)cc1)C(=O)Cc1cccc(C)c1. The van der Waals surface area contributed by atoms with E-state index in [2.05, 4.69) is 12.2 Å². The van der Waals surface area contributed by atoms with Gasteiger partial charge in [0.15, 0.2) is 0 Å². The first kappa shape index (κ1) is 25.5. The van der Waals surface area contributed by atoms with Gasteiger partial charge in [-0.05, 0) is 42.2 Å². The number of halogens is 1. The van der Waals surface area contributed by atoms with Crippen molar-refractivity contribution in [3.8, 4) is 0 Å². The van der Waals surface area contributed by atoms with E-state index in [1.165, 1.54) is 0 Å². The highest BCUT2D eigenvalue weighted by Gasteiger charge is 2.30. The molecule has 0 aliphatic heterocycles. The van der Waals surface area contributed by atoms with Gasteiger partial charge in [0.25, 0.3) is 0 Å². The minimum absolute atomic E-state index is 0.0767. The third kappa shape index (κ3) is 7.74. The summed E-state index contributed by atoms with van der Waals surface area (Å²) < 4.78 is 0. The highest BCUT2D eigenvalue weighted by molar-refractivity contribution is 6.30. The third-order valence-corrected chi connectivity index (χ3v) is 6.06. The van der Waals surface area contributed by atoms with Crippen molar-refractivity contribution in [2.45, 2.75) is 52.1 Å². The van der Waals surface area contributed by atoms with Crippen molar-refractivity contribution < 1.29 is 9.59 Å². The van der Waals surface area contributed by atoms with Gasteiger partial charge in [-0.2, -0.15) is 0 Å². The van der Waals surface area contributed by atoms with Crippen LogP contribution in [0.4, 0.5) is 0 Å². The molecule has 5 heteroatoms. The lowest BCUT2D eigenvalue weighted by atomic mass is 10.0. The normalized spacial score (nSPS) is 11.6. The number of amides is 2. The van der Waals surface area contributed by atoms with Gasteiger partial charge in [0.05, 0.1) is 6.42 Å². The van der Waals surface area contributed by atoms with Crippen molar-refractivity contribution in [3.63, 3.8) is 0 Å². The molecule has 4 nitrogen and oxygen atoms in total. The summed E-state index contributed by atoms with van der Waals surface area (Å²) in [6, 6.07) is 24.6. The molecule has 3 rings (SSSR count). The molecule has 0 saturated carbocycles. The molecule has 0 spiro atoms. The first-order valence-corrected chi connectivity index (χ1v) is 12.2. The summed E-state index contributed by atoms with van der Waals surface area (Å²) in [5.74, 6) is -0.198. The Balaban J connectivity index is 1.93. The van der Waals surface area contributed by atoms with Crippen LogP contribution >= 0.6 is 11.6 Å². The second-order valence-electron chi connectivity index (χ2n) is 8.66. The molecule has 0 aliphatic rings. The topological polar surface area (TPSA) is 49.4 Å². The van der Waals surface area contributed by atoms with E-state index in [-0.39, 0.29) is 18.2 Å². The number of aryl methyl sites for hydroxylation is 1. The smallest absolute Gasteiger partial charge is 0.243 e. The molecule has 178 valence electrons. The van der Waals surface area contributed by atoms with Gasteiger partial charge in [0, 0.05) is 24.5 Å². The molecule has 1 N–H and O–H groups in total.